The van der Waals surface area contributed by atoms with E-state index in [2.05, 4.69) is 20.4 Å². The molecule has 1 fully saturated rings. The molecule has 0 bridgehead atoms. The lowest BCUT2D eigenvalue weighted by atomic mass is 9.96. The van der Waals surface area contributed by atoms with Crippen molar-refractivity contribution >= 4 is 17.4 Å². The Hall–Kier alpha value is -3.74. The quantitative estimate of drug-likeness (QED) is 0.544. The van der Waals surface area contributed by atoms with Crippen LogP contribution < -0.4 is 10.2 Å². The monoisotopic (exact) mass is 412 g/mol. The van der Waals surface area contributed by atoms with E-state index in [1.54, 1.807) is 4.52 Å². The van der Waals surface area contributed by atoms with Gasteiger partial charge in [0.25, 0.3) is 0 Å². The molecule has 7 nitrogen and oxygen atoms in total. The molecule has 3 heterocycles. The van der Waals surface area contributed by atoms with E-state index < -0.39 is 0 Å². The van der Waals surface area contributed by atoms with Gasteiger partial charge >= 0.3 is 0 Å². The van der Waals surface area contributed by atoms with E-state index >= 15 is 0 Å². The van der Waals surface area contributed by atoms with Crippen LogP contribution in [0.4, 0.5) is 5.82 Å². The van der Waals surface area contributed by atoms with Crippen LogP contribution in [0.1, 0.15) is 18.4 Å². The lowest BCUT2D eigenvalue weighted by Gasteiger charge is -2.32. The van der Waals surface area contributed by atoms with Gasteiger partial charge in [0.15, 0.2) is 11.5 Å². The van der Waals surface area contributed by atoms with E-state index in [9.17, 15) is 4.79 Å². The number of hydrogen-bond donors (Lipinski definition) is 1. The highest BCUT2D eigenvalue weighted by molar-refractivity contribution is 5.79. The van der Waals surface area contributed by atoms with Crippen LogP contribution in [-0.4, -0.2) is 38.8 Å². The molecule has 156 valence electrons. The summed E-state index contributed by atoms with van der Waals surface area (Å²) < 4.78 is 1.79. The molecule has 0 radical (unpaired) electrons. The van der Waals surface area contributed by atoms with Crippen LogP contribution in [0.5, 0.6) is 0 Å². The Morgan fingerprint density at radius 3 is 2.35 bits per heavy atom. The van der Waals surface area contributed by atoms with Gasteiger partial charge in [0, 0.05) is 31.1 Å². The van der Waals surface area contributed by atoms with Crippen molar-refractivity contribution in [3.05, 3.63) is 78.4 Å². The molecule has 5 rings (SSSR count). The minimum Gasteiger partial charge on any atom is -0.355 e. The number of carbonyl (C=O) groups is 1. The first-order valence-corrected chi connectivity index (χ1v) is 10.6. The van der Waals surface area contributed by atoms with E-state index in [1.807, 2.05) is 72.8 Å². The molecule has 1 amide bonds. The number of benzene rings is 2. The lowest BCUT2D eigenvalue weighted by molar-refractivity contribution is -0.125. The lowest BCUT2D eigenvalue weighted by Crippen LogP contribution is -2.40. The van der Waals surface area contributed by atoms with Crippen molar-refractivity contribution < 1.29 is 4.79 Å². The fourth-order valence-electron chi connectivity index (χ4n) is 4.02. The third-order valence-corrected chi connectivity index (χ3v) is 5.78. The molecule has 1 aliphatic heterocycles. The van der Waals surface area contributed by atoms with Gasteiger partial charge in [-0.25, -0.2) is 0 Å². The average molecular weight is 412 g/mol. The SMILES string of the molecule is O=C(NCc1ccccc1)C1CCN(c2ccc3nnc(-c4ccccc4)n3n2)CC1. The van der Waals surface area contributed by atoms with Crippen LogP contribution in [0.15, 0.2) is 72.8 Å². The first-order valence-electron chi connectivity index (χ1n) is 10.6. The number of hydrogen-bond acceptors (Lipinski definition) is 5. The van der Waals surface area contributed by atoms with Crippen molar-refractivity contribution in [2.24, 2.45) is 5.92 Å². The zero-order valence-electron chi connectivity index (χ0n) is 17.2. The van der Waals surface area contributed by atoms with Gasteiger partial charge in [-0.15, -0.1) is 15.3 Å². The van der Waals surface area contributed by atoms with Crippen molar-refractivity contribution in [1.29, 1.82) is 0 Å². The van der Waals surface area contributed by atoms with Gasteiger partial charge in [0.1, 0.15) is 5.82 Å². The van der Waals surface area contributed by atoms with E-state index in [0.717, 1.165) is 54.3 Å². The van der Waals surface area contributed by atoms with Gasteiger partial charge in [-0.05, 0) is 30.5 Å². The fraction of sp³-hybridized carbons (Fsp3) is 0.250. The number of anilines is 1. The van der Waals surface area contributed by atoms with Crippen LogP contribution in [0, 0.1) is 5.92 Å². The molecule has 1 aliphatic rings. The summed E-state index contributed by atoms with van der Waals surface area (Å²) in [7, 11) is 0. The largest absolute Gasteiger partial charge is 0.355 e. The maximum atomic E-state index is 12.6. The molecule has 2 aromatic heterocycles. The van der Waals surface area contributed by atoms with Crippen LogP contribution in [0.3, 0.4) is 0 Å². The van der Waals surface area contributed by atoms with Gasteiger partial charge in [0.2, 0.25) is 5.91 Å². The zero-order valence-corrected chi connectivity index (χ0v) is 17.2. The summed E-state index contributed by atoms with van der Waals surface area (Å²) in [6.07, 6.45) is 1.63. The minimum absolute atomic E-state index is 0.0403. The van der Waals surface area contributed by atoms with Crippen molar-refractivity contribution in [2.75, 3.05) is 18.0 Å². The number of nitrogens with one attached hydrogen (secondary N) is 1. The Morgan fingerprint density at radius 1 is 0.903 bits per heavy atom. The van der Waals surface area contributed by atoms with Crippen LogP contribution in [0.2, 0.25) is 0 Å². The van der Waals surface area contributed by atoms with Crippen LogP contribution in [-0.2, 0) is 11.3 Å². The molecular formula is C24H24N6O. The summed E-state index contributed by atoms with van der Waals surface area (Å²) in [5, 5.41) is 16.4. The highest BCUT2D eigenvalue weighted by Gasteiger charge is 2.26. The first kappa shape index (κ1) is 19.2. The second-order valence-corrected chi connectivity index (χ2v) is 7.82. The molecule has 0 spiro atoms. The predicted molar refractivity (Wildman–Crippen MR) is 119 cm³/mol. The predicted octanol–water partition coefficient (Wildman–Crippen LogP) is 3.32. The van der Waals surface area contributed by atoms with Gasteiger partial charge in [-0.1, -0.05) is 60.7 Å². The molecule has 2 aromatic carbocycles. The molecule has 0 saturated carbocycles. The Kier molecular flexibility index (Phi) is 5.31. The summed E-state index contributed by atoms with van der Waals surface area (Å²) >= 11 is 0. The highest BCUT2D eigenvalue weighted by Crippen LogP contribution is 2.24. The molecule has 0 aliphatic carbocycles. The van der Waals surface area contributed by atoms with Crippen LogP contribution in [0.25, 0.3) is 17.0 Å². The minimum atomic E-state index is 0.0403. The topological polar surface area (TPSA) is 75.4 Å². The molecule has 0 unspecified atom stereocenters. The Labute approximate surface area is 180 Å². The van der Waals surface area contributed by atoms with Crippen molar-refractivity contribution in [3.8, 4) is 11.4 Å². The maximum Gasteiger partial charge on any atom is 0.223 e. The van der Waals surface area contributed by atoms with Gasteiger partial charge < -0.3 is 10.2 Å². The molecule has 1 saturated heterocycles. The van der Waals surface area contributed by atoms with E-state index in [4.69, 9.17) is 5.10 Å². The third kappa shape index (κ3) is 4.12. The smallest absolute Gasteiger partial charge is 0.223 e. The zero-order chi connectivity index (χ0) is 21.0. The average Bonchev–Trinajstić information content (AvgIpc) is 3.27. The summed E-state index contributed by atoms with van der Waals surface area (Å²) in [4.78, 5) is 14.8. The highest BCUT2D eigenvalue weighted by atomic mass is 16.1. The summed E-state index contributed by atoms with van der Waals surface area (Å²) in [5.41, 5.74) is 2.82. The molecule has 1 N–H and O–H groups in total. The van der Waals surface area contributed by atoms with Crippen molar-refractivity contribution in [2.45, 2.75) is 19.4 Å². The number of amides is 1. The molecule has 0 atom stereocenters. The van der Waals surface area contributed by atoms with Crippen LogP contribution >= 0.6 is 0 Å². The molecule has 7 heteroatoms. The number of rotatable bonds is 5. The Balaban J connectivity index is 1.24. The Morgan fingerprint density at radius 2 is 1.61 bits per heavy atom. The van der Waals surface area contributed by atoms with Gasteiger partial charge in [0.05, 0.1) is 0 Å². The summed E-state index contributed by atoms with van der Waals surface area (Å²) in [6.45, 7) is 2.17. The molecule has 31 heavy (non-hydrogen) atoms. The third-order valence-electron chi connectivity index (χ3n) is 5.78. The molecule has 4 aromatic rings. The van der Waals surface area contributed by atoms with Crippen molar-refractivity contribution in [1.82, 2.24) is 25.1 Å². The number of fused-ring (bicyclic) bond motifs is 1. The maximum absolute atomic E-state index is 12.6. The number of carbonyl (C=O) groups excluding carboxylic acids is 1. The van der Waals surface area contributed by atoms with Crippen molar-refractivity contribution in [3.63, 3.8) is 0 Å². The van der Waals surface area contributed by atoms with Gasteiger partial charge in [-0.3, -0.25) is 4.79 Å². The normalized spacial score (nSPS) is 14.6. The Bertz CT molecular complexity index is 1170. The number of aromatic nitrogens is 4. The second kappa shape index (κ2) is 8.55. The summed E-state index contributed by atoms with van der Waals surface area (Å²) in [5.74, 6) is 1.79. The van der Waals surface area contributed by atoms with E-state index in [-0.39, 0.29) is 11.8 Å². The molecular weight excluding hydrogens is 388 g/mol. The van der Waals surface area contributed by atoms with E-state index in [1.165, 1.54) is 0 Å². The standard InChI is InChI=1S/C24H24N6O/c31-24(25-17-18-7-3-1-4-8-18)20-13-15-29(16-14-20)22-12-11-21-26-27-23(30(21)28-22)19-9-5-2-6-10-19/h1-12,20H,13-17H2,(H,25,31). The van der Waals surface area contributed by atoms with E-state index in [0.29, 0.717) is 6.54 Å². The first-order chi connectivity index (χ1) is 15.3. The van der Waals surface area contributed by atoms with Gasteiger partial charge in [-0.2, -0.15) is 4.52 Å². The summed E-state index contributed by atoms with van der Waals surface area (Å²) in [6, 6.07) is 23.9. The second-order valence-electron chi connectivity index (χ2n) is 7.82. The number of piperidine rings is 1. The fourth-order valence-corrected chi connectivity index (χ4v) is 4.02. The number of nitrogens with zero attached hydrogens (tertiary/aromatic N) is 5.